The van der Waals surface area contributed by atoms with E-state index in [1.165, 1.54) is 6.07 Å². The van der Waals surface area contributed by atoms with Gasteiger partial charge in [-0.3, -0.25) is 10.1 Å². The fraction of sp³-hybridized carbons (Fsp3) is 0.364. The monoisotopic (exact) mass is 291 g/mol. The lowest BCUT2D eigenvalue weighted by atomic mass is 10.2. The maximum absolute atomic E-state index is 10.9. The van der Waals surface area contributed by atoms with Crippen LogP contribution in [0.1, 0.15) is 6.42 Å². The highest BCUT2D eigenvalue weighted by Crippen LogP contribution is 2.33. The normalized spacial score (nSPS) is 18.2. The lowest BCUT2D eigenvalue weighted by Crippen LogP contribution is -2.21. The topological polar surface area (TPSA) is 97.7 Å². The summed E-state index contributed by atoms with van der Waals surface area (Å²) in [6.07, 6.45) is 0.855. The maximum atomic E-state index is 10.9. The number of non-ortho nitro benzene ring substituents is 1. The van der Waals surface area contributed by atoms with Crippen LogP contribution in [0.5, 0.6) is 0 Å². The maximum Gasteiger partial charge on any atom is 0.300 e. The van der Waals surface area contributed by atoms with Crippen molar-refractivity contribution >= 4 is 39.8 Å². The second-order valence-corrected chi connectivity index (χ2v) is 4.61. The molecule has 0 aliphatic carbocycles. The summed E-state index contributed by atoms with van der Waals surface area (Å²) in [6.45, 7) is 1.44. The van der Waals surface area contributed by atoms with E-state index in [2.05, 4.69) is 37.3 Å². The van der Waals surface area contributed by atoms with Gasteiger partial charge < -0.3 is 4.90 Å². The van der Waals surface area contributed by atoms with E-state index in [1.54, 1.807) is 6.07 Å². The molecule has 3 rings (SSSR count). The molecule has 0 bridgehead atoms. The number of hydrogen-bond acceptors (Lipinski definition) is 8. The first-order chi connectivity index (χ1) is 9.70. The number of isothiocyanates is 1. The number of nitro benzene ring substituents is 1. The van der Waals surface area contributed by atoms with Crippen LogP contribution in [0, 0.1) is 10.1 Å². The van der Waals surface area contributed by atoms with E-state index >= 15 is 0 Å². The molecule has 1 aliphatic heterocycles. The number of anilines is 1. The molecule has 0 radical (unpaired) electrons. The Hall–Kier alpha value is -2.38. The van der Waals surface area contributed by atoms with E-state index in [1.807, 2.05) is 4.90 Å². The predicted molar refractivity (Wildman–Crippen MR) is 74.1 cm³/mol. The summed E-state index contributed by atoms with van der Waals surface area (Å²) < 4.78 is 4.65. The third-order valence-electron chi connectivity index (χ3n) is 3.31. The lowest BCUT2D eigenvalue weighted by molar-refractivity contribution is -0.383. The minimum atomic E-state index is -0.500. The van der Waals surface area contributed by atoms with Crippen molar-refractivity contribution in [2.45, 2.75) is 12.5 Å². The number of hydrogen-bond donors (Lipinski definition) is 0. The molecule has 2 heterocycles. The van der Waals surface area contributed by atoms with Crippen molar-refractivity contribution in [1.82, 2.24) is 10.3 Å². The van der Waals surface area contributed by atoms with Crippen molar-refractivity contribution in [3.8, 4) is 0 Å². The van der Waals surface area contributed by atoms with Crippen molar-refractivity contribution in [1.29, 1.82) is 0 Å². The van der Waals surface area contributed by atoms with Gasteiger partial charge in [-0.05, 0) is 35.0 Å². The Morgan fingerprint density at radius 1 is 1.50 bits per heavy atom. The smallest absolute Gasteiger partial charge is 0.300 e. The lowest BCUT2D eigenvalue weighted by Gasteiger charge is -2.17. The van der Waals surface area contributed by atoms with E-state index in [0.29, 0.717) is 12.1 Å². The summed E-state index contributed by atoms with van der Waals surface area (Å²) in [4.78, 5) is 16.5. The van der Waals surface area contributed by atoms with Crippen molar-refractivity contribution in [2.75, 3.05) is 18.0 Å². The van der Waals surface area contributed by atoms with Crippen LogP contribution in [0.4, 0.5) is 11.4 Å². The predicted octanol–water partition coefficient (Wildman–Crippen LogP) is 1.81. The van der Waals surface area contributed by atoms with Crippen LogP contribution in [0.25, 0.3) is 11.0 Å². The van der Waals surface area contributed by atoms with Crippen LogP contribution in [0.15, 0.2) is 21.8 Å². The van der Waals surface area contributed by atoms with Crippen LogP contribution in [-0.2, 0) is 0 Å². The van der Waals surface area contributed by atoms with E-state index in [0.717, 1.165) is 18.7 Å². The van der Waals surface area contributed by atoms with E-state index in [4.69, 9.17) is 0 Å². The molecule has 0 spiro atoms. The molecule has 1 fully saturated rings. The molecular formula is C11H9N5O3S. The van der Waals surface area contributed by atoms with E-state index in [-0.39, 0.29) is 17.2 Å². The average Bonchev–Trinajstić information content (AvgIpc) is 3.06. The first-order valence-corrected chi connectivity index (χ1v) is 6.33. The summed E-state index contributed by atoms with van der Waals surface area (Å²) in [7, 11) is 0. The molecule has 2 aromatic rings. The largest absolute Gasteiger partial charge is 0.367 e. The number of fused-ring (bicyclic) bond motifs is 1. The zero-order valence-electron chi connectivity index (χ0n) is 10.2. The number of aliphatic imine (C=N–C) groups is 1. The van der Waals surface area contributed by atoms with Crippen molar-refractivity contribution in [3.63, 3.8) is 0 Å². The summed E-state index contributed by atoms with van der Waals surface area (Å²) in [5.41, 5.74) is 1.20. The van der Waals surface area contributed by atoms with Crippen molar-refractivity contribution in [2.24, 2.45) is 4.99 Å². The number of nitrogens with zero attached hydrogens (tertiary/aromatic N) is 5. The summed E-state index contributed by atoms with van der Waals surface area (Å²) in [6, 6.07) is 3.17. The van der Waals surface area contributed by atoms with Gasteiger partial charge in [-0.1, -0.05) is 0 Å². The van der Waals surface area contributed by atoms with Gasteiger partial charge in [0.1, 0.15) is 0 Å². The van der Waals surface area contributed by atoms with Crippen LogP contribution in [0.3, 0.4) is 0 Å². The highest BCUT2D eigenvalue weighted by Gasteiger charge is 2.27. The molecule has 20 heavy (non-hydrogen) atoms. The Bertz CT molecular complexity index is 724. The van der Waals surface area contributed by atoms with Gasteiger partial charge in [0.25, 0.3) is 0 Å². The first-order valence-electron chi connectivity index (χ1n) is 5.92. The Labute approximate surface area is 118 Å². The van der Waals surface area contributed by atoms with E-state index in [9.17, 15) is 10.1 Å². The highest BCUT2D eigenvalue weighted by atomic mass is 32.1. The molecule has 1 aromatic heterocycles. The molecule has 1 atom stereocenters. The summed E-state index contributed by atoms with van der Waals surface area (Å²) in [5.74, 6) is 0. The van der Waals surface area contributed by atoms with Crippen molar-refractivity contribution < 1.29 is 9.55 Å². The zero-order valence-corrected chi connectivity index (χ0v) is 11.0. The quantitative estimate of drug-likeness (QED) is 0.368. The molecule has 1 aromatic carbocycles. The van der Waals surface area contributed by atoms with Crippen LogP contribution in [0.2, 0.25) is 0 Å². The molecule has 0 unspecified atom stereocenters. The van der Waals surface area contributed by atoms with Gasteiger partial charge in [0, 0.05) is 19.2 Å². The molecule has 8 nitrogen and oxygen atoms in total. The van der Waals surface area contributed by atoms with E-state index < -0.39 is 4.92 Å². The number of benzene rings is 1. The fourth-order valence-electron chi connectivity index (χ4n) is 2.38. The van der Waals surface area contributed by atoms with Gasteiger partial charge in [-0.25, -0.2) is 9.62 Å². The van der Waals surface area contributed by atoms with Crippen LogP contribution >= 0.6 is 12.2 Å². The number of thiocarbonyl (C=S) groups is 1. The standard InChI is InChI=1S/C11H9N5O3S/c17-16(18)9-2-1-8(10-11(9)14-19-13-10)15-4-3-7(5-15)12-6-20/h1-2,7H,3-5H2/t7-/m1/s1. The summed E-state index contributed by atoms with van der Waals surface area (Å²) in [5, 5.41) is 20.7. The molecule has 0 saturated carbocycles. The van der Waals surface area contributed by atoms with Gasteiger partial charge >= 0.3 is 5.69 Å². The SMILES string of the molecule is O=[N+]([O-])c1ccc(N2CC[C@@H](N=C=S)C2)c2nonc12. The molecule has 9 heteroatoms. The van der Waals surface area contributed by atoms with Crippen molar-refractivity contribution in [3.05, 3.63) is 22.2 Å². The van der Waals surface area contributed by atoms with Gasteiger partial charge in [0.05, 0.1) is 21.8 Å². The Morgan fingerprint density at radius 3 is 3.05 bits per heavy atom. The molecule has 1 aliphatic rings. The number of rotatable bonds is 3. The van der Waals surface area contributed by atoms with Gasteiger partial charge in [-0.15, -0.1) is 0 Å². The minimum Gasteiger partial charge on any atom is -0.367 e. The van der Waals surface area contributed by atoms with Gasteiger partial charge in [-0.2, -0.15) is 0 Å². The Balaban J connectivity index is 2.01. The molecule has 102 valence electrons. The summed E-state index contributed by atoms with van der Waals surface area (Å²) >= 11 is 4.61. The average molecular weight is 291 g/mol. The fourth-order valence-corrected chi connectivity index (χ4v) is 2.53. The third kappa shape index (κ3) is 2.02. The van der Waals surface area contributed by atoms with Crippen LogP contribution < -0.4 is 4.90 Å². The minimum absolute atomic E-state index is 0.0950. The Morgan fingerprint density at radius 2 is 2.30 bits per heavy atom. The third-order valence-corrected chi connectivity index (χ3v) is 3.41. The van der Waals surface area contributed by atoms with Gasteiger partial charge in [0.2, 0.25) is 5.52 Å². The Kier molecular flexibility index (Phi) is 3.13. The van der Waals surface area contributed by atoms with Gasteiger partial charge in [0.15, 0.2) is 5.52 Å². The highest BCUT2D eigenvalue weighted by molar-refractivity contribution is 7.78. The second kappa shape index (κ2) is 4.95. The molecule has 0 amide bonds. The number of nitro groups is 1. The zero-order chi connectivity index (χ0) is 14.1. The van der Waals surface area contributed by atoms with Crippen LogP contribution in [-0.4, -0.2) is 39.5 Å². The second-order valence-electron chi connectivity index (χ2n) is 4.43. The first kappa shape index (κ1) is 12.6. The molecular weight excluding hydrogens is 282 g/mol. The molecule has 0 N–H and O–H groups in total. The number of aromatic nitrogens is 2. The molecule has 1 saturated heterocycles.